The van der Waals surface area contributed by atoms with Crippen molar-refractivity contribution in [2.45, 2.75) is 10.7 Å². The summed E-state index contributed by atoms with van der Waals surface area (Å²) >= 11 is 0. The van der Waals surface area contributed by atoms with Gasteiger partial charge in [0.15, 0.2) is 20.6 Å². The van der Waals surface area contributed by atoms with Gasteiger partial charge in [-0.05, 0) is 36.7 Å². The molecule has 0 fully saturated rings. The van der Waals surface area contributed by atoms with Crippen molar-refractivity contribution in [2.24, 2.45) is 0 Å². The second kappa shape index (κ2) is 3.94. The molecule has 0 aromatic carbocycles. The number of rotatable bonds is 2. The van der Waals surface area contributed by atoms with E-state index in [0.29, 0.717) is 0 Å². The smallest absolute Gasteiger partial charge is 0.199 e. The maximum absolute atomic E-state index is 12.0. The molecule has 2 atom stereocenters. The molecule has 0 amide bonds. The molecular weight excluding hydrogens is 212 g/mol. The van der Waals surface area contributed by atoms with Crippen LogP contribution in [0.15, 0.2) is 48.9 Å². The van der Waals surface area contributed by atoms with Crippen LogP contribution in [0.2, 0.25) is 0 Å². The zero-order valence-electron chi connectivity index (χ0n) is 8.00. The topological polar surface area (TPSA) is 58.2 Å². The number of allylic oxidation sites excluding steroid dienone is 4. The van der Waals surface area contributed by atoms with Gasteiger partial charge in [-0.15, -0.1) is 0 Å². The first-order valence-electron chi connectivity index (χ1n) is 4.63. The molecule has 2 unspecified atom stereocenters. The maximum Gasteiger partial charge on any atom is 0.199 e. The molecule has 0 aromatic rings. The van der Waals surface area contributed by atoms with Crippen molar-refractivity contribution in [2.75, 3.05) is 0 Å². The monoisotopic (exact) mass is 224 g/mol. The van der Waals surface area contributed by atoms with Crippen LogP contribution in [0.25, 0.3) is 0 Å². The minimum absolute atomic E-state index is 0.656. The molecule has 0 spiro atoms. The Labute approximate surface area is 89.0 Å². The molecule has 2 aliphatic rings. The number of sulfone groups is 1. The molecule has 80 valence electrons. The van der Waals surface area contributed by atoms with Crippen LogP contribution in [0, 0.1) is 0 Å². The molecule has 0 saturated heterocycles. The molecule has 0 aliphatic carbocycles. The Kier molecular flexibility index (Phi) is 2.64. The summed E-state index contributed by atoms with van der Waals surface area (Å²) in [5.41, 5.74) is 0. The summed E-state index contributed by atoms with van der Waals surface area (Å²) in [5, 5.41) is 4.29. The van der Waals surface area contributed by atoms with Crippen molar-refractivity contribution in [3.05, 3.63) is 48.9 Å². The van der Waals surface area contributed by atoms with Crippen molar-refractivity contribution >= 4 is 9.84 Å². The zero-order chi connectivity index (χ0) is 10.7. The second-order valence-electron chi connectivity index (χ2n) is 3.25. The van der Waals surface area contributed by atoms with Crippen molar-refractivity contribution in [3.63, 3.8) is 0 Å². The predicted octanol–water partition coefficient (Wildman–Crippen LogP) is 0.400. The minimum atomic E-state index is -3.28. The van der Waals surface area contributed by atoms with Crippen molar-refractivity contribution in [3.8, 4) is 0 Å². The highest BCUT2D eigenvalue weighted by Crippen LogP contribution is 2.12. The largest absolute Gasteiger partial charge is 0.372 e. The van der Waals surface area contributed by atoms with Crippen LogP contribution in [0.5, 0.6) is 0 Å². The summed E-state index contributed by atoms with van der Waals surface area (Å²) in [4.78, 5) is 0. The number of hydrogen-bond acceptors (Lipinski definition) is 4. The Morgan fingerprint density at radius 3 is 1.60 bits per heavy atom. The van der Waals surface area contributed by atoms with Gasteiger partial charge >= 0.3 is 0 Å². The SMILES string of the molecule is O=S(=O)(C1C=CC=CN1)C1C=CC=CN1. The fourth-order valence-electron chi connectivity index (χ4n) is 1.42. The predicted molar refractivity (Wildman–Crippen MR) is 59.3 cm³/mol. The van der Waals surface area contributed by atoms with Gasteiger partial charge in [-0.1, -0.05) is 12.2 Å². The second-order valence-corrected chi connectivity index (χ2v) is 5.45. The van der Waals surface area contributed by atoms with Gasteiger partial charge in [-0.2, -0.15) is 0 Å². The first kappa shape index (κ1) is 10.0. The average molecular weight is 224 g/mol. The number of hydrogen-bond donors (Lipinski definition) is 2. The highest BCUT2D eigenvalue weighted by atomic mass is 32.2. The van der Waals surface area contributed by atoms with Gasteiger partial charge in [0.2, 0.25) is 0 Å². The fourth-order valence-corrected chi connectivity index (χ4v) is 2.89. The van der Waals surface area contributed by atoms with E-state index in [2.05, 4.69) is 10.6 Å². The quantitative estimate of drug-likeness (QED) is 0.713. The van der Waals surface area contributed by atoms with Gasteiger partial charge in [0.05, 0.1) is 0 Å². The lowest BCUT2D eigenvalue weighted by Crippen LogP contribution is -2.44. The highest BCUT2D eigenvalue weighted by Gasteiger charge is 2.30. The van der Waals surface area contributed by atoms with E-state index in [-0.39, 0.29) is 0 Å². The van der Waals surface area contributed by atoms with E-state index < -0.39 is 20.6 Å². The van der Waals surface area contributed by atoms with Crippen LogP contribution in [0.1, 0.15) is 0 Å². The molecule has 15 heavy (non-hydrogen) atoms. The normalized spacial score (nSPS) is 28.5. The summed E-state index contributed by atoms with van der Waals surface area (Å²) in [6.45, 7) is 0. The van der Waals surface area contributed by atoms with Crippen LogP contribution < -0.4 is 10.6 Å². The van der Waals surface area contributed by atoms with Crippen molar-refractivity contribution in [1.29, 1.82) is 0 Å². The van der Waals surface area contributed by atoms with Gasteiger partial charge in [-0.25, -0.2) is 8.42 Å². The molecule has 2 N–H and O–H groups in total. The van der Waals surface area contributed by atoms with Crippen molar-refractivity contribution < 1.29 is 8.42 Å². The Morgan fingerprint density at radius 1 is 0.800 bits per heavy atom. The summed E-state index contributed by atoms with van der Waals surface area (Å²) < 4.78 is 24.1. The highest BCUT2D eigenvalue weighted by molar-refractivity contribution is 7.92. The fraction of sp³-hybridized carbons (Fsp3) is 0.200. The lowest BCUT2D eigenvalue weighted by atomic mass is 10.4. The van der Waals surface area contributed by atoms with Gasteiger partial charge in [-0.3, -0.25) is 0 Å². The molecule has 4 nitrogen and oxygen atoms in total. The van der Waals surface area contributed by atoms with Gasteiger partial charge in [0.25, 0.3) is 0 Å². The third kappa shape index (κ3) is 1.97. The minimum Gasteiger partial charge on any atom is -0.372 e. The van der Waals surface area contributed by atoms with Crippen LogP contribution >= 0.6 is 0 Å². The number of nitrogens with one attached hydrogen (secondary N) is 2. The third-order valence-corrected chi connectivity index (χ3v) is 4.22. The molecular formula is C10H12N2O2S. The average Bonchev–Trinajstić information content (AvgIpc) is 2.31. The molecule has 2 heterocycles. The Morgan fingerprint density at radius 2 is 1.27 bits per heavy atom. The van der Waals surface area contributed by atoms with E-state index >= 15 is 0 Å². The van der Waals surface area contributed by atoms with E-state index in [1.165, 1.54) is 0 Å². The lowest BCUT2D eigenvalue weighted by molar-refractivity contribution is 0.568. The van der Waals surface area contributed by atoms with Crippen molar-refractivity contribution in [1.82, 2.24) is 10.6 Å². The van der Waals surface area contributed by atoms with Gasteiger partial charge in [0.1, 0.15) is 0 Å². The Hall–Kier alpha value is -1.49. The summed E-state index contributed by atoms with van der Waals surface area (Å²) in [5.74, 6) is 0. The third-order valence-electron chi connectivity index (χ3n) is 2.22. The van der Waals surface area contributed by atoms with E-state index in [9.17, 15) is 8.42 Å². The van der Waals surface area contributed by atoms with E-state index in [1.807, 2.05) is 0 Å². The van der Waals surface area contributed by atoms with Gasteiger partial charge < -0.3 is 10.6 Å². The van der Waals surface area contributed by atoms with E-state index in [1.54, 1.807) is 48.9 Å². The van der Waals surface area contributed by atoms with Crippen LogP contribution in [-0.2, 0) is 9.84 Å². The molecule has 2 aliphatic heterocycles. The first-order chi connectivity index (χ1) is 7.21. The standard InChI is InChI=1S/C10H12N2O2S/c13-15(14,9-5-1-3-7-11-9)10-6-2-4-8-12-10/h1-12H. The molecule has 0 saturated carbocycles. The summed E-state index contributed by atoms with van der Waals surface area (Å²) in [6, 6.07) is 0. The zero-order valence-corrected chi connectivity index (χ0v) is 8.81. The molecule has 0 aromatic heterocycles. The van der Waals surface area contributed by atoms with Gasteiger partial charge in [0, 0.05) is 0 Å². The van der Waals surface area contributed by atoms with Crippen LogP contribution in [0.3, 0.4) is 0 Å². The molecule has 2 rings (SSSR count). The van der Waals surface area contributed by atoms with Crippen LogP contribution in [0.4, 0.5) is 0 Å². The van der Waals surface area contributed by atoms with E-state index in [0.717, 1.165) is 0 Å². The molecule has 5 heteroatoms. The maximum atomic E-state index is 12.0. The summed E-state index contributed by atoms with van der Waals surface area (Å²) in [7, 11) is -3.28. The Bertz CT molecular complexity index is 410. The first-order valence-corrected chi connectivity index (χ1v) is 6.24. The van der Waals surface area contributed by atoms with Crippen LogP contribution in [-0.4, -0.2) is 19.2 Å². The summed E-state index contributed by atoms with van der Waals surface area (Å²) in [6.07, 6.45) is 13.5. The lowest BCUT2D eigenvalue weighted by Gasteiger charge is -2.23. The molecule has 0 bridgehead atoms. The molecule has 0 radical (unpaired) electrons. The van der Waals surface area contributed by atoms with E-state index in [4.69, 9.17) is 0 Å². The number of dihydropyridines is 2. The Balaban J connectivity index is 2.19.